The molecule has 2 heteroatoms. The van der Waals surface area contributed by atoms with Crippen molar-refractivity contribution in [3.8, 4) is 0 Å². The summed E-state index contributed by atoms with van der Waals surface area (Å²) >= 11 is 0. The van der Waals surface area contributed by atoms with Crippen LogP contribution in [-0.4, -0.2) is 6.86 Å². The van der Waals surface area contributed by atoms with Crippen LogP contribution in [-0.2, 0) is 4.74 Å². The van der Waals surface area contributed by atoms with Crippen molar-refractivity contribution in [2.45, 2.75) is 6.10 Å². The van der Waals surface area contributed by atoms with Crippen LogP contribution in [0.2, 0.25) is 0 Å². The van der Waals surface area contributed by atoms with Gasteiger partial charge in [0.05, 0.1) is 0 Å². The topological polar surface area (TPSA) is 9.23 Å². The molecule has 1 atom stereocenters. The Kier molecular flexibility index (Phi) is 1.92. The lowest BCUT2D eigenvalue weighted by Crippen LogP contribution is -1.97. The van der Waals surface area contributed by atoms with Crippen molar-refractivity contribution < 1.29 is 9.13 Å². The molecule has 1 aromatic carbocycles. The summed E-state index contributed by atoms with van der Waals surface area (Å²) in [6.45, 7) is -0.743. The second-order valence-electron chi connectivity index (χ2n) is 2.61. The molecule has 1 aliphatic rings. The SMILES string of the molecule is FCOC1C=Cc2c[c]ccc21. The Morgan fingerprint density at radius 2 is 2.50 bits per heavy atom. The first-order valence-corrected chi connectivity index (χ1v) is 3.77. The summed E-state index contributed by atoms with van der Waals surface area (Å²) in [7, 11) is 0. The van der Waals surface area contributed by atoms with Crippen molar-refractivity contribution in [3.63, 3.8) is 0 Å². The van der Waals surface area contributed by atoms with Crippen LogP contribution in [0.25, 0.3) is 6.08 Å². The molecule has 1 aromatic rings. The first-order valence-electron chi connectivity index (χ1n) is 3.77. The van der Waals surface area contributed by atoms with Crippen LogP contribution in [0.15, 0.2) is 24.3 Å². The first-order chi connectivity index (χ1) is 5.92. The maximum atomic E-state index is 11.9. The van der Waals surface area contributed by atoms with Crippen LogP contribution in [0.1, 0.15) is 17.2 Å². The highest BCUT2D eigenvalue weighted by atomic mass is 19.1. The quantitative estimate of drug-likeness (QED) is 0.650. The molecular weight excluding hydrogens is 155 g/mol. The Hall–Kier alpha value is -1.15. The van der Waals surface area contributed by atoms with Crippen LogP contribution >= 0.6 is 0 Å². The first kappa shape index (κ1) is 7.50. The molecule has 1 nitrogen and oxygen atoms in total. The molecule has 1 unspecified atom stereocenters. The van der Waals surface area contributed by atoms with Crippen LogP contribution < -0.4 is 0 Å². The molecule has 1 radical (unpaired) electrons. The zero-order valence-electron chi connectivity index (χ0n) is 6.46. The van der Waals surface area contributed by atoms with E-state index in [0.29, 0.717) is 0 Å². The number of hydrogen-bond donors (Lipinski definition) is 0. The third-order valence-corrected chi connectivity index (χ3v) is 1.93. The molecule has 0 heterocycles. The summed E-state index contributed by atoms with van der Waals surface area (Å²) in [6, 6.07) is 8.53. The maximum absolute atomic E-state index is 11.9. The van der Waals surface area contributed by atoms with Gasteiger partial charge in [-0.25, -0.2) is 4.39 Å². The van der Waals surface area contributed by atoms with E-state index in [9.17, 15) is 4.39 Å². The van der Waals surface area contributed by atoms with Gasteiger partial charge in [-0.3, -0.25) is 0 Å². The lowest BCUT2D eigenvalue weighted by molar-refractivity contribution is 0.0208. The molecule has 2 rings (SSSR count). The predicted octanol–water partition coefficient (Wildman–Crippen LogP) is 2.50. The van der Waals surface area contributed by atoms with Crippen molar-refractivity contribution in [3.05, 3.63) is 41.5 Å². The van der Waals surface area contributed by atoms with Gasteiger partial charge >= 0.3 is 0 Å². The molecule has 1 aliphatic carbocycles. The molecule has 0 amide bonds. The van der Waals surface area contributed by atoms with Crippen molar-refractivity contribution in [1.82, 2.24) is 0 Å². The van der Waals surface area contributed by atoms with Gasteiger partial charge in [0.1, 0.15) is 6.10 Å². The summed E-state index contributed by atoms with van der Waals surface area (Å²) in [4.78, 5) is 0. The molecule has 0 aromatic heterocycles. The van der Waals surface area contributed by atoms with E-state index in [4.69, 9.17) is 4.74 Å². The van der Waals surface area contributed by atoms with E-state index < -0.39 is 6.86 Å². The fourth-order valence-corrected chi connectivity index (χ4v) is 1.37. The second-order valence-corrected chi connectivity index (χ2v) is 2.61. The minimum absolute atomic E-state index is 0.209. The molecular formula is C10H8FO. The predicted molar refractivity (Wildman–Crippen MR) is 44.1 cm³/mol. The van der Waals surface area contributed by atoms with Gasteiger partial charge in [0, 0.05) is 0 Å². The summed E-state index contributed by atoms with van der Waals surface area (Å²) in [6.07, 6.45) is 3.56. The minimum Gasteiger partial charge on any atom is -0.338 e. The van der Waals surface area contributed by atoms with E-state index in [0.717, 1.165) is 11.1 Å². The van der Waals surface area contributed by atoms with Gasteiger partial charge in [-0.05, 0) is 23.3 Å². The normalized spacial score (nSPS) is 19.6. The fraction of sp³-hybridized carbons (Fsp3) is 0.200. The molecule has 0 fully saturated rings. The van der Waals surface area contributed by atoms with E-state index in [1.165, 1.54) is 0 Å². The Morgan fingerprint density at radius 3 is 3.33 bits per heavy atom. The summed E-state index contributed by atoms with van der Waals surface area (Å²) in [5.74, 6) is 0. The average Bonchev–Trinajstić information content (AvgIpc) is 2.50. The van der Waals surface area contributed by atoms with E-state index in [2.05, 4.69) is 6.07 Å². The number of halogens is 1. The fourth-order valence-electron chi connectivity index (χ4n) is 1.37. The van der Waals surface area contributed by atoms with E-state index in [-0.39, 0.29) is 6.10 Å². The number of benzene rings is 1. The minimum atomic E-state index is -0.743. The molecule has 0 saturated heterocycles. The molecule has 61 valence electrons. The Balaban J connectivity index is 2.30. The van der Waals surface area contributed by atoms with Gasteiger partial charge < -0.3 is 4.74 Å². The third kappa shape index (κ3) is 1.14. The highest BCUT2D eigenvalue weighted by molar-refractivity contribution is 5.61. The standard InChI is InChI=1S/C10H8FO/c11-7-12-10-6-5-8-3-1-2-4-9(8)10/h2-6,10H,7H2. The molecule has 0 N–H and O–H groups in total. The zero-order chi connectivity index (χ0) is 8.39. The van der Waals surface area contributed by atoms with Crippen molar-refractivity contribution >= 4 is 6.08 Å². The molecule has 12 heavy (non-hydrogen) atoms. The lowest BCUT2D eigenvalue weighted by atomic mass is 10.1. The lowest BCUT2D eigenvalue weighted by Gasteiger charge is -2.08. The molecule has 0 spiro atoms. The summed E-state index contributed by atoms with van der Waals surface area (Å²) in [5.41, 5.74) is 2.09. The number of fused-ring (bicyclic) bond motifs is 1. The monoisotopic (exact) mass is 163 g/mol. The Bertz CT molecular complexity index is 306. The van der Waals surface area contributed by atoms with E-state index in [1.807, 2.05) is 24.3 Å². The number of ether oxygens (including phenoxy) is 1. The number of rotatable bonds is 2. The van der Waals surface area contributed by atoms with E-state index in [1.54, 1.807) is 6.07 Å². The molecule has 0 aliphatic heterocycles. The van der Waals surface area contributed by atoms with Crippen LogP contribution in [0, 0.1) is 6.07 Å². The Labute approximate surface area is 70.5 Å². The summed E-state index contributed by atoms with van der Waals surface area (Å²) < 4.78 is 16.7. The van der Waals surface area contributed by atoms with Gasteiger partial charge in [-0.15, -0.1) is 0 Å². The zero-order valence-corrected chi connectivity index (χ0v) is 6.46. The molecule has 0 saturated carbocycles. The summed E-state index contributed by atoms with van der Waals surface area (Å²) in [5, 5.41) is 0. The van der Waals surface area contributed by atoms with Gasteiger partial charge in [0.15, 0.2) is 6.86 Å². The highest BCUT2D eigenvalue weighted by Crippen LogP contribution is 2.30. The Morgan fingerprint density at radius 1 is 1.58 bits per heavy atom. The van der Waals surface area contributed by atoms with Crippen molar-refractivity contribution in [1.29, 1.82) is 0 Å². The number of alkyl halides is 1. The van der Waals surface area contributed by atoms with Crippen molar-refractivity contribution in [2.24, 2.45) is 0 Å². The van der Waals surface area contributed by atoms with Gasteiger partial charge in [-0.2, -0.15) is 0 Å². The van der Waals surface area contributed by atoms with E-state index >= 15 is 0 Å². The largest absolute Gasteiger partial charge is 0.338 e. The van der Waals surface area contributed by atoms with Gasteiger partial charge in [-0.1, -0.05) is 24.3 Å². The molecule has 0 bridgehead atoms. The smallest absolute Gasteiger partial charge is 0.189 e. The van der Waals surface area contributed by atoms with Crippen LogP contribution in [0.3, 0.4) is 0 Å². The number of hydrogen-bond acceptors (Lipinski definition) is 1. The highest BCUT2D eigenvalue weighted by Gasteiger charge is 2.16. The second kappa shape index (κ2) is 3.07. The van der Waals surface area contributed by atoms with Gasteiger partial charge in [0.25, 0.3) is 0 Å². The van der Waals surface area contributed by atoms with Crippen LogP contribution in [0.5, 0.6) is 0 Å². The average molecular weight is 163 g/mol. The third-order valence-electron chi connectivity index (χ3n) is 1.93. The maximum Gasteiger partial charge on any atom is 0.189 e. The van der Waals surface area contributed by atoms with Crippen molar-refractivity contribution in [2.75, 3.05) is 6.86 Å². The van der Waals surface area contributed by atoms with Crippen LogP contribution in [0.4, 0.5) is 4.39 Å². The van der Waals surface area contributed by atoms with Gasteiger partial charge in [0.2, 0.25) is 0 Å².